The third-order valence-corrected chi connectivity index (χ3v) is 7.93. The van der Waals surface area contributed by atoms with Crippen molar-refractivity contribution in [3.8, 4) is 22.3 Å². The third-order valence-electron chi connectivity index (χ3n) is 7.93. The van der Waals surface area contributed by atoms with Gasteiger partial charge in [0.1, 0.15) is 5.82 Å². The van der Waals surface area contributed by atoms with Crippen LogP contribution in [0.15, 0.2) is 66.7 Å². The number of hydrogen-bond acceptors (Lipinski definition) is 1. The fraction of sp³-hybridized carbons (Fsp3) is 0.429. The van der Waals surface area contributed by atoms with Crippen LogP contribution in [-0.4, -0.2) is 6.61 Å². The van der Waals surface area contributed by atoms with Crippen LogP contribution < -0.4 is 0 Å². The smallest absolute Gasteiger partial charge is 0.166 e. The molecule has 3 aromatic rings. The van der Waals surface area contributed by atoms with Gasteiger partial charge in [-0.1, -0.05) is 93.3 Å². The first-order valence-electron chi connectivity index (χ1n) is 14.6. The molecule has 4 heteroatoms. The summed E-state index contributed by atoms with van der Waals surface area (Å²) in [5.74, 6) is -1.33. The highest BCUT2D eigenvalue weighted by atomic mass is 19.2. The second-order valence-corrected chi connectivity index (χ2v) is 10.8. The average molecular weight is 535 g/mol. The lowest BCUT2D eigenvalue weighted by Crippen LogP contribution is -2.20. The van der Waals surface area contributed by atoms with E-state index in [1.807, 2.05) is 13.0 Å². The molecule has 39 heavy (non-hydrogen) atoms. The Hall–Kier alpha value is -2.85. The van der Waals surface area contributed by atoms with Crippen molar-refractivity contribution in [2.24, 2.45) is 5.92 Å². The predicted molar refractivity (Wildman–Crippen MR) is 155 cm³/mol. The summed E-state index contributed by atoms with van der Waals surface area (Å²) in [7, 11) is 0. The lowest BCUT2D eigenvalue weighted by atomic mass is 9.90. The van der Waals surface area contributed by atoms with Gasteiger partial charge in [-0.2, -0.15) is 0 Å². The van der Waals surface area contributed by atoms with Crippen molar-refractivity contribution in [2.75, 3.05) is 6.61 Å². The molecule has 1 heterocycles. The molecule has 0 saturated carbocycles. The molecule has 1 saturated heterocycles. The van der Waals surface area contributed by atoms with Crippen LogP contribution in [0.2, 0.25) is 0 Å². The van der Waals surface area contributed by atoms with E-state index < -0.39 is 11.6 Å². The summed E-state index contributed by atoms with van der Waals surface area (Å²) < 4.78 is 50.9. The van der Waals surface area contributed by atoms with E-state index in [1.165, 1.54) is 6.42 Å². The quantitative estimate of drug-likeness (QED) is 0.166. The molecule has 1 aliphatic heterocycles. The Morgan fingerprint density at radius 3 is 2.21 bits per heavy atom. The summed E-state index contributed by atoms with van der Waals surface area (Å²) in [6, 6.07) is 15.6. The molecular formula is C35H41F3O. The van der Waals surface area contributed by atoms with Crippen molar-refractivity contribution in [1.82, 2.24) is 0 Å². The fourth-order valence-corrected chi connectivity index (χ4v) is 5.51. The number of hydrogen-bond donors (Lipinski definition) is 0. The van der Waals surface area contributed by atoms with E-state index in [-0.39, 0.29) is 17.5 Å². The summed E-state index contributed by atoms with van der Waals surface area (Å²) in [6.07, 6.45) is 14.3. The van der Waals surface area contributed by atoms with Gasteiger partial charge in [0.2, 0.25) is 0 Å². The minimum Gasteiger partial charge on any atom is -0.373 e. The molecule has 0 N–H and O–H groups in total. The summed E-state index contributed by atoms with van der Waals surface area (Å²) in [5, 5.41) is 0. The van der Waals surface area contributed by atoms with Crippen LogP contribution in [0.3, 0.4) is 0 Å². The standard InChI is InChI=1S/C35H41F3O/c1-3-5-7-8-10-12-28-18-21-31(35(38)34(28)37)27-16-14-26(15-17-27)30-20-19-29(23-32(30)36)33-22-13-25(24-39-33)11-9-6-4-2/h4,6,14-21,23,25,33H,3,5,7-13,22,24H2,1-2H3/b6-4+. The van der Waals surface area contributed by atoms with Gasteiger partial charge in [0.05, 0.1) is 12.7 Å². The second kappa shape index (κ2) is 14.5. The zero-order valence-electron chi connectivity index (χ0n) is 23.3. The highest BCUT2D eigenvalue weighted by molar-refractivity contribution is 5.71. The molecule has 0 aromatic heterocycles. The summed E-state index contributed by atoms with van der Waals surface area (Å²) in [5.41, 5.74) is 3.26. The fourth-order valence-electron chi connectivity index (χ4n) is 5.51. The van der Waals surface area contributed by atoms with E-state index >= 15 is 4.39 Å². The maximum Gasteiger partial charge on any atom is 0.166 e. The lowest BCUT2D eigenvalue weighted by Gasteiger charge is -2.29. The number of allylic oxidation sites excluding steroid dienone is 2. The topological polar surface area (TPSA) is 9.23 Å². The van der Waals surface area contributed by atoms with Gasteiger partial charge < -0.3 is 4.74 Å². The maximum absolute atomic E-state index is 15.2. The number of aryl methyl sites for hydroxylation is 1. The third kappa shape index (κ3) is 7.63. The monoisotopic (exact) mass is 534 g/mol. The Morgan fingerprint density at radius 2 is 1.54 bits per heavy atom. The Balaban J connectivity index is 1.40. The van der Waals surface area contributed by atoms with E-state index in [9.17, 15) is 8.78 Å². The minimum atomic E-state index is -0.819. The van der Waals surface area contributed by atoms with Gasteiger partial charge in [-0.25, -0.2) is 13.2 Å². The minimum absolute atomic E-state index is 0.0777. The van der Waals surface area contributed by atoms with Crippen molar-refractivity contribution in [3.05, 3.63) is 95.3 Å². The zero-order chi connectivity index (χ0) is 27.6. The SMILES string of the molecule is C/C=C/CCC1CCC(c2ccc(-c3ccc(-c4ccc(CCCCCCC)c(F)c4F)cc3)c(F)c2)OC1. The normalized spacial score (nSPS) is 17.7. The largest absolute Gasteiger partial charge is 0.373 e. The molecule has 2 unspecified atom stereocenters. The first kappa shape index (κ1) is 29.1. The maximum atomic E-state index is 15.2. The Labute approximate surface area is 232 Å². The molecular weight excluding hydrogens is 493 g/mol. The Kier molecular flexibility index (Phi) is 10.8. The van der Waals surface area contributed by atoms with Crippen molar-refractivity contribution in [1.29, 1.82) is 0 Å². The number of halogens is 3. The molecule has 1 fully saturated rings. The van der Waals surface area contributed by atoms with E-state index in [1.54, 1.807) is 48.5 Å². The molecule has 0 amide bonds. The molecule has 1 aliphatic rings. The first-order valence-corrected chi connectivity index (χ1v) is 14.6. The van der Waals surface area contributed by atoms with Crippen LogP contribution in [0.1, 0.15) is 88.9 Å². The van der Waals surface area contributed by atoms with Crippen LogP contribution in [-0.2, 0) is 11.2 Å². The second-order valence-electron chi connectivity index (χ2n) is 10.8. The van der Waals surface area contributed by atoms with E-state index in [4.69, 9.17) is 4.74 Å². The van der Waals surface area contributed by atoms with Gasteiger partial charge in [0, 0.05) is 11.1 Å². The van der Waals surface area contributed by atoms with E-state index in [0.29, 0.717) is 41.2 Å². The van der Waals surface area contributed by atoms with Crippen LogP contribution in [0.4, 0.5) is 13.2 Å². The summed E-state index contributed by atoms with van der Waals surface area (Å²) in [4.78, 5) is 0. The number of rotatable bonds is 12. The van der Waals surface area contributed by atoms with Gasteiger partial charge in [-0.3, -0.25) is 0 Å². The van der Waals surface area contributed by atoms with Crippen LogP contribution in [0.25, 0.3) is 22.3 Å². The molecule has 3 aromatic carbocycles. The Morgan fingerprint density at radius 1 is 0.821 bits per heavy atom. The molecule has 0 radical (unpaired) electrons. The first-order chi connectivity index (χ1) is 19.0. The van der Waals surface area contributed by atoms with Crippen LogP contribution >= 0.6 is 0 Å². The van der Waals surface area contributed by atoms with Gasteiger partial charge in [0.25, 0.3) is 0 Å². The molecule has 2 atom stereocenters. The van der Waals surface area contributed by atoms with Gasteiger partial charge >= 0.3 is 0 Å². The van der Waals surface area contributed by atoms with Gasteiger partial charge in [-0.05, 0) is 79.7 Å². The summed E-state index contributed by atoms with van der Waals surface area (Å²) >= 11 is 0. The van der Waals surface area contributed by atoms with E-state index in [2.05, 4.69) is 19.1 Å². The van der Waals surface area contributed by atoms with E-state index in [0.717, 1.165) is 56.9 Å². The molecule has 0 bridgehead atoms. The van der Waals surface area contributed by atoms with Crippen molar-refractivity contribution < 1.29 is 17.9 Å². The Bertz CT molecular complexity index is 1220. The highest BCUT2D eigenvalue weighted by Gasteiger charge is 2.23. The van der Waals surface area contributed by atoms with Crippen molar-refractivity contribution in [2.45, 2.75) is 84.2 Å². The van der Waals surface area contributed by atoms with Gasteiger partial charge in [0.15, 0.2) is 11.6 Å². The number of ether oxygens (including phenoxy) is 1. The van der Waals surface area contributed by atoms with Crippen LogP contribution in [0, 0.1) is 23.4 Å². The highest BCUT2D eigenvalue weighted by Crippen LogP contribution is 2.35. The zero-order valence-corrected chi connectivity index (χ0v) is 23.3. The van der Waals surface area contributed by atoms with Crippen molar-refractivity contribution in [3.63, 3.8) is 0 Å². The van der Waals surface area contributed by atoms with Crippen LogP contribution in [0.5, 0.6) is 0 Å². The number of benzene rings is 3. The predicted octanol–water partition coefficient (Wildman–Crippen LogP) is 10.8. The molecule has 208 valence electrons. The molecule has 4 rings (SSSR count). The average Bonchev–Trinajstić information content (AvgIpc) is 2.96. The van der Waals surface area contributed by atoms with Crippen molar-refractivity contribution >= 4 is 0 Å². The molecule has 0 aliphatic carbocycles. The number of unbranched alkanes of at least 4 members (excludes halogenated alkanes) is 4. The summed E-state index contributed by atoms with van der Waals surface area (Å²) in [6.45, 7) is 4.90. The molecule has 0 spiro atoms. The van der Waals surface area contributed by atoms with Gasteiger partial charge in [-0.15, -0.1) is 0 Å². The lowest BCUT2D eigenvalue weighted by molar-refractivity contribution is -0.0191. The molecule has 1 nitrogen and oxygen atoms in total.